The minimum Gasteiger partial charge on any atom is -0.497 e. The topological polar surface area (TPSA) is 124 Å². The van der Waals surface area contributed by atoms with Gasteiger partial charge >= 0.3 is 12.1 Å². The molecule has 10 nitrogen and oxygen atoms in total. The van der Waals surface area contributed by atoms with E-state index in [1.165, 1.54) is 4.90 Å². The van der Waals surface area contributed by atoms with Gasteiger partial charge in [0.15, 0.2) is 5.75 Å². The van der Waals surface area contributed by atoms with E-state index in [0.29, 0.717) is 28.2 Å². The lowest BCUT2D eigenvalue weighted by Gasteiger charge is -2.26. The second-order valence-electron chi connectivity index (χ2n) is 9.14. The molecule has 0 radical (unpaired) electrons. The molecule has 3 aromatic rings. The molecule has 180 valence electrons. The fourth-order valence-electron chi connectivity index (χ4n) is 3.82. The number of carbonyl (C=O) groups is 2. The SMILES string of the molecule is COc1ccc(-c2cc(OC3C[C@@H](C(=O)O)N(C(=O)OC(C)(C)C)C3)c3onc(C)c3n2)cc1. The van der Waals surface area contributed by atoms with Crippen molar-refractivity contribution < 1.29 is 33.4 Å². The lowest BCUT2D eigenvalue weighted by atomic mass is 10.1. The van der Waals surface area contributed by atoms with Crippen molar-refractivity contribution in [3.63, 3.8) is 0 Å². The van der Waals surface area contributed by atoms with E-state index < -0.39 is 29.8 Å². The number of aryl methyl sites for hydroxylation is 1. The summed E-state index contributed by atoms with van der Waals surface area (Å²) >= 11 is 0. The Kier molecular flexibility index (Phi) is 6.07. The number of methoxy groups -OCH3 is 1. The van der Waals surface area contributed by atoms with Crippen LogP contribution in [0.3, 0.4) is 0 Å². The summed E-state index contributed by atoms with van der Waals surface area (Å²) in [5.74, 6) is -0.0294. The molecule has 1 aromatic carbocycles. The van der Waals surface area contributed by atoms with Gasteiger partial charge in [0.1, 0.15) is 34.7 Å². The van der Waals surface area contributed by atoms with Gasteiger partial charge in [0.2, 0.25) is 5.58 Å². The van der Waals surface area contributed by atoms with E-state index in [0.717, 1.165) is 11.3 Å². The molecule has 34 heavy (non-hydrogen) atoms. The zero-order chi connectivity index (χ0) is 24.6. The van der Waals surface area contributed by atoms with Gasteiger partial charge in [0.25, 0.3) is 0 Å². The second kappa shape index (κ2) is 8.85. The molecule has 10 heteroatoms. The van der Waals surface area contributed by atoms with Crippen molar-refractivity contribution in [3.8, 4) is 22.8 Å². The number of hydrogen-bond donors (Lipinski definition) is 1. The highest BCUT2D eigenvalue weighted by molar-refractivity contribution is 5.85. The van der Waals surface area contributed by atoms with E-state index in [-0.39, 0.29) is 13.0 Å². The molecule has 1 unspecified atom stereocenters. The van der Waals surface area contributed by atoms with Crippen molar-refractivity contribution in [2.24, 2.45) is 0 Å². The summed E-state index contributed by atoms with van der Waals surface area (Å²) in [7, 11) is 1.60. The van der Waals surface area contributed by atoms with Crippen LogP contribution in [0, 0.1) is 6.92 Å². The molecule has 1 aliphatic heterocycles. The van der Waals surface area contributed by atoms with Gasteiger partial charge in [-0.05, 0) is 52.0 Å². The maximum Gasteiger partial charge on any atom is 0.411 e. The minimum absolute atomic E-state index is 0.0562. The Morgan fingerprint density at radius 2 is 1.91 bits per heavy atom. The molecule has 0 bridgehead atoms. The molecule has 1 saturated heterocycles. The minimum atomic E-state index is -1.12. The van der Waals surface area contributed by atoms with E-state index in [1.807, 2.05) is 24.3 Å². The highest BCUT2D eigenvalue weighted by Gasteiger charge is 2.43. The van der Waals surface area contributed by atoms with Crippen LogP contribution < -0.4 is 9.47 Å². The number of nitrogens with zero attached hydrogens (tertiary/aromatic N) is 3. The molecule has 1 N–H and O–H groups in total. The van der Waals surface area contributed by atoms with Gasteiger partial charge in [-0.25, -0.2) is 14.6 Å². The Bertz CT molecular complexity index is 1210. The Hall–Kier alpha value is -3.82. The van der Waals surface area contributed by atoms with Crippen LogP contribution in [0.1, 0.15) is 32.9 Å². The molecule has 4 rings (SSSR count). The van der Waals surface area contributed by atoms with Gasteiger partial charge in [-0.15, -0.1) is 0 Å². The monoisotopic (exact) mass is 469 g/mol. The average molecular weight is 469 g/mol. The lowest BCUT2D eigenvalue weighted by molar-refractivity contribution is -0.142. The highest BCUT2D eigenvalue weighted by Crippen LogP contribution is 2.34. The van der Waals surface area contributed by atoms with Crippen LogP contribution in [0.5, 0.6) is 11.5 Å². The summed E-state index contributed by atoms with van der Waals surface area (Å²) in [5.41, 5.74) is 2.21. The van der Waals surface area contributed by atoms with Crippen LogP contribution in [0.15, 0.2) is 34.9 Å². The Morgan fingerprint density at radius 1 is 1.21 bits per heavy atom. The predicted octanol–water partition coefficient (Wildman–Crippen LogP) is 4.05. The summed E-state index contributed by atoms with van der Waals surface area (Å²) < 4.78 is 22.3. The van der Waals surface area contributed by atoms with Crippen LogP contribution in [0.25, 0.3) is 22.4 Å². The Morgan fingerprint density at radius 3 is 2.53 bits per heavy atom. The van der Waals surface area contributed by atoms with Crippen molar-refractivity contribution in [2.75, 3.05) is 13.7 Å². The number of benzene rings is 1. The van der Waals surface area contributed by atoms with Crippen LogP contribution in [-0.2, 0) is 9.53 Å². The summed E-state index contributed by atoms with van der Waals surface area (Å²) in [4.78, 5) is 30.3. The molecule has 0 spiro atoms. The van der Waals surface area contributed by atoms with Gasteiger partial charge in [0, 0.05) is 18.1 Å². The van der Waals surface area contributed by atoms with Gasteiger partial charge < -0.3 is 23.8 Å². The van der Waals surface area contributed by atoms with Crippen LogP contribution in [0.2, 0.25) is 0 Å². The van der Waals surface area contributed by atoms with E-state index in [4.69, 9.17) is 18.7 Å². The third-order valence-electron chi connectivity index (χ3n) is 5.41. The van der Waals surface area contributed by atoms with E-state index in [1.54, 1.807) is 40.9 Å². The fourth-order valence-corrected chi connectivity index (χ4v) is 3.82. The molecule has 0 saturated carbocycles. The van der Waals surface area contributed by atoms with Crippen molar-refractivity contribution in [1.82, 2.24) is 15.0 Å². The predicted molar refractivity (Wildman–Crippen MR) is 122 cm³/mol. The van der Waals surface area contributed by atoms with Crippen LogP contribution in [-0.4, -0.2) is 63.6 Å². The van der Waals surface area contributed by atoms with Crippen molar-refractivity contribution >= 4 is 23.2 Å². The van der Waals surface area contributed by atoms with Crippen molar-refractivity contribution in [2.45, 2.75) is 51.9 Å². The third kappa shape index (κ3) is 4.75. The highest BCUT2D eigenvalue weighted by atomic mass is 16.6. The van der Waals surface area contributed by atoms with Gasteiger partial charge in [0.05, 0.1) is 19.3 Å². The van der Waals surface area contributed by atoms with Gasteiger partial charge in [-0.3, -0.25) is 4.90 Å². The van der Waals surface area contributed by atoms with E-state index in [2.05, 4.69) is 10.1 Å². The molecule has 2 atom stereocenters. The molecule has 1 fully saturated rings. The molecule has 2 aromatic heterocycles. The Labute approximate surface area is 196 Å². The maximum absolute atomic E-state index is 12.6. The zero-order valence-corrected chi connectivity index (χ0v) is 19.7. The molecule has 1 aliphatic rings. The number of aliphatic carboxylic acids is 1. The number of aromatic nitrogens is 2. The van der Waals surface area contributed by atoms with Crippen molar-refractivity contribution in [3.05, 3.63) is 36.0 Å². The number of carboxylic acids is 1. The number of fused-ring (bicyclic) bond motifs is 1. The first-order chi connectivity index (χ1) is 16.1. The van der Waals surface area contributed by atoms with E-state index >= 15 is 0 Å². The van der Waals surface area contributed by atoms with Crippen molar-refractivity contribution in [1.29, 1.82) is 0 Å². The zero-order valence-electron chi connectivity index (χ0n) is 19.7. The average Bonchev–Trinajstić information content (AvgIpc) is 3.37. The van der Waals surface area contributed by atoms with Crippen LogP contribution >= 0.6 is 0 Å². The number of carbonyl (C=O) groups excluding carboxylic acids is 1. The number of hydrogen-bond acceptors (Lipinski definition) is 8. The first kappa shape index (κ1) is 23.3. The molecule has 0 aliphatic carbocycles. The molecular formula is C24H27N3O7. The summed E-state index contributed by atoms with van der Waals surface area (Å²) in [5, 5.41) is 13.7. The van der Waals surface area contributed by atoms with Crippen LogP contribution in [0.4, 0.5) is 4.79 Å². The summed E-state index contributed by atoms with van der Waals surface area (Å²) in [6.07, 6.45) is -1.18. The smallest absolute Gasteiger partial charge is 0.411 e. The quantitative estimate of drug-likeness (QED) is 0.589. The number of likely N-dealkylation sites (tertiary alicyclic amines) is 1. The lowest BCUT2D eigenvalue weighted by Crippen LogP contribution is -2.43. The number of ether oxygens (including phenoxy) is 3. The number of rotatable bonds is 5. The Balaban J connectivity index is 1.64. The number of carboxylic acid groups (broad SMARTS) is 1. The van der Waals surface area contributed by atoms with Gasteiger partial charge in [-0.1, -0.05) is 5.16 Å². The summed E-state index contributed by atoms with van der Waals surface area (Å²) in [6.45, 7) is 7.02. The standard InChI is InChI=1S/C24H27N3O7/c1-13-20-21(34-26-13)19(11-17(25-20)14-6-8-15(31-5)9-7-14)32-16-10-18(22(28)29)27(12-16)23(30)33-24(2,3)4/h6-9,11,16,18H,10,12H2,1-5H3,(H,28,29)/t16?,18-/m0/s1. The second-order valence-corrected chi connectivity index (χ2v) is 9.14. The number of amides is 1. The first-order valence-electron chi connectivity index (χ1n) is 10.9. The largest absolute Gasteiger partial charge is 0.497 e. The van der Waals surface area contributed by atoms with Gasteiger partial charge in [-0.2, -0.15) is 0 Å². The molecular weight excluding hydrogens is 442 g/mol. The maximum atomic E-state index is 12.6. The number of pyridine rings is 1. The molecule has 1 amide bonds. The van der Waals surface area contributed by atoms with E-state index in [9.17, 15) is 14.7 Å². The molecule has 3 heterocycles. The normalized spacial score (nSPS) is 18.2. The fraction of sp³-hybridized carbons (Fsp3) is 0.417. The first-order valence-corrected chi connectivity index (χ1v) is 10.9. The third-order valence-corrected chi connectivity index (χ3v) is 5.41. The summed E-state index contributed by atoms with van der Waals surface area (Å²) in [6, 6.07) is 8.07.